The van der Waals surface area contributed by atoms with Crippen LogP contribution in [0.1, 0.15) is 18.2 Å². The molecule has 2 aromatic heterocycles. The second-order valence-corrected chi connectivity index (χ2v) is 5.89. The van der Waals surface area contributed by atoms with Crippen molar-refractivity contribution in [3.63, 3.8) is 0 Å². The van der Waals surface area contributed by atoms with Crippen LogP contribution in [0.15, 0.2) is 36.7 Å². The summed E-state index contributed by atoms with van der Waals surface area (Å²) in [6.45, 7) is 3.48. The summed E-state index contributed by atoms with van der Waals surface area (Å²) in [7, 11) is 1.46. The molecule has 0 aliphatic heterocycles. The van der Waals surface area contributed by atoms with Gasteiger partial charge in [-0.05, 0) is 30.2 Å². The second kappa shape index (κ2) is 8.29. The van der Waals surface area contributed by atoms with E-state index in [-0.39, 0.29) is 0 Å². The molecule has 0 atom stereocenters. The highest BCUT2D eigenvalue weighted by molar-refractivity contribution is 6.30. The summed E-state index contributed by atoms with van der Waals surface area (Å²) < 4.78 is 7.88. The minimum atomic E-state index is 0.325. The van der Waals surface area contributed by atoms with Crippen LogP contribution in [0.3, 0.4) is 0 Å². The Balaban J connectivity index is 1.92. The average molecular weight is 362 g/mol. The van der Waals surface area contributed by atoms with Crippen molar-refractivity contribution >= 4 is 22.6 Å². The smallest absolute Gasteiger partial charge is 0.226 e. The average Bonchev–Trinajstić information content (AvgIpc) is 2.97. The summed E-state index contributed by atoms with van der Waals surface area (Å²) in [6, 6.07) is 9.92. The van der Waals surface area contributed by atoms with Gasteiger partial charge in [0, 0.05) is 17.3 Å². The van der Waals surface area contributed by atoms with Crippen LogP contribution in [-0.4, -0.2) is 34.9 Å². The number of nitrogens with zero attached hydrogens (tertiary/aromatic N) is 3. The number of rotatable bonds is 8. The van der Waals surface area contributed by atoms with Crippen molar-refractivity contribution in [3.8, 4) is 5.88 Å². The lowest BCUT2D eigenvalue weighted by molar-refractivity contribution is -0.275. The highest BCUT2D eigenvalue weighted by Gasteiger charge is 2.14. The summed E-state index contributed by atoms with van der Waals surface area (Å²) in [5.41, 5.74) is 3.12. The van der Waals surface area contributed by atoms with E-state index in [1.807, 2.05) is 18.2 Å². The zero-order valence-electron chi connectivity index (χ0n) is 14.2. The molecular weight excluding hydrogens is 342 g/mol. The van der Waals surface area contributed by atoms with E-state index in [1.165, 1.54) is 13.4 Å². The van der Waals surface area contributed by atoms with Crippen LogP contribution < -0.4 is 4.74 Å². The molecule has 0 bridgehead atoms. The van der Waals surface area contributed by atoms with Crippen LogP contribution in [0, 0.1) is 0 Å². The van der Waals surface area contributed by atoms with Gasteiger partial charge < -0.3 is 9.30 Å². The van der Waals surface area contributed by atoms with Crippen molar-refractivity contribution in [2.75, 3.05) is 20.3 Å². The highest BCUT2D eigenvalue weighted by Crippen LogP contribution is 2.27. The van der Waals surface area contributed by atoms with Crippen LogP contribution in [0.4, 0.5) is 0 Å². The third-order valence-electron chi connectivity index (χ3n) is 3.85. The molecule has 0 saturated heterocycles. The maximum Gasteiger partial charge on any atom is 0.226 e. The minimum Gasteiger partial charge on any atom is -0.475 e. The fraction of sp³-hybridized carbons (Fsp3) is 0.333. The van der Waals surface area contributed by atoms with Gasteiger partial charge in [0.15, 0.2) is 0 Å². The molecule has 0 unspecified atom stereocenters. The number of hydrogen-bond acceptors (Lipinski definition) is 5. The molecule has 0 amide bonds. The predicted molar refractivity (Wildman–Crippen MR) is 95.9 cm³/mol. The third kappa shape index (κ3) is 4.10. The van der Waals surface area contributed by atoms with E-state index in [1.54, 1.807) is 0 Å². The van der Waals surface area contributed by atoms with Gasteiger partial charge in [-0.15, -0.1) is 0 Å². The van der Waals surface area contributed by atoms with E-state index < -0.39 is 0 Å². The van der Waals surface area contributed by atoms with Crippen LogP contribution in [0.5, 0.6) is 5.88 Å². The van der Waals surface area contributed by atoms with Gasteiger partial charge in [-0.25, -0.2) is 19.7 Å². The monoisotopic (exact) mass is 361 g/mol. The first-order chi connectivity index (χ1) is 12.2. The Hall–Kier alpha value is -2.15. The molecule has 0 spiro atoms. The SMILES string of the molecule is CCc1cc2c(OCCOOC)ncnc2n1Cc1cccc(Cl)c1. The first-order valence-electron chi connectivity index (χ1n) is 8.09. The van der Waals surface area contributed by atoms with Crippen molar-refractivity contribution in [1.82, 2.24) is 14.5 Å². The molecule has 3 rings (SSSR count). The highest BCUT2D eigenvalue weighted by atomic mass is 35.5. The topological polar surface area (TPSA) is 58.4 Å². The molecule has 3 aromatic rings. The van der Waals surface area contributed by atoms with Crippen LogP contribution in [0.2, 0.25) is 5.02 Å². The van der Waals surface area contributed by atoms with Crippen LogP contribution >= 0.6 is 11.6 Å². The Morgan fingerprint density at radius 3 is 2.80 bits per heavy atom. The molecule has 6 nitrogen and oxygen atoms in total. The molecule has 132 valence electrons. The molecule has 1 aromatic carbocycles. The van der Waals surface area contributed by atoms with Crippen LogP contribution in [0.25, 0.3) is 11.0 Å². The van der Waals surface area contributed by atoms with E-state index in [0.29, 0.717) is 25.6 Å². The number of halogens is 1. The van der Waals surface area contributed by atoms with E-state index in [0.717, 1.165) is 33.7 Å². The maximum absolute atomic E-state index is 6.11. The Morgan fingerprint density at radius 2 is 2.04 bits per heavy atom. The van der Waals surface area contributed by atoms with Crippen molar-refractivity contribution in [1.29, 1.82) is 0 Å². The molecule has 0 radical (unpaired) electrons. The number of ether oxygens (including phenoxy) is 1. The molecular formula is C18H20ClN3O3. The summed E-state index contributed by atoms with van der Waals surface area (Å²) >= 11 is 6.11. The number of fused-ring (bicyclic) bond motifs is 1. The lowest BCUT2D eigenvalue weighted by Gasteiger charge is -2.10. The number of hydrogen-bond donors (Lipinski definition) is 0. The summed E-state index contributed by atoms with van der Waals surface area (Å²) in [6.07, 6.45) is 2.39. The maximum atomic E-state index is 6.11. The van der Waals surface area contributed by atoms with Gasteiger partial charge >= 0.3 is 0 Å². The Bertz CT molecular complexity index is 851. The molecule has 25 heavy (non-hydrogen) atoms. The van der Waals surface area contributed by atoms with Crippen molar-refractivity contribution in [2.24, 2.45) is 0 Å². The molecule has 0 saturated carbocycles. The fourth-order valence-electron chi connectivity index (χ4n) is 2.75. The Kier molecular flexibility index (Phi) is 5.86. The largest absolute Gasteiger partial charge is 0.475 e. The van der Waals surface area contributed by atoms with E-state index in [2.05, 4.69) is 38.5 Å². The van der Waals surface area contributed by atoms with Gasteiger partial charge in [-0.3, -0.25) is 0 Å². The first-order valence-corrected chi connectivity index (χ1v) is 8.46. The summed E-state index contributed by atoms with van der Waals surface area (Å²) in [5, 5.41) is 1.61. The normalized spacial score (nSPS) is 11.2. The van der Waals surface area contributed by atoms with E-state index >= 15 is 0 Å². The zero-order chi connectivity index (χ0) is 17.6. The molecule has 0 N–H and O–H groups in total. The van der Waals surface area contributed by atoms with Gasteiger partial charge in [-0.2, -0.15) is 0 Å². The van der Waals surface area contributed by atoms with Crippen molar-refractivity contribution < 1.29 is 14.5 Å². The van der Waals surface area contributed by atoms with E-state index in [4.69, 9.17) is 21.2 Å². The molecule has 7 heteroatoms. The minimum absolute atomic E-state index is 0.325. The Labute approximate surface area is 151 Å². The fourth-order valence-corrected chi connectivity index (χ4v) is 2.96. The van der Waals surface area contributed by atoms with Crippen molar-refractivity contribution in [3.05, 3.63) is 52.9 Å². The number of benzene rings is 1. The van der Waals surface area contributed by atoms with Gasteiger partial charge in [0.2, 0.25) is 5.88 Å². The molecule has 2 heterocycles. The second-order valence-electron chi connectivity index (χ2n) is 5.46. The lowest BCUT2D eigenvalue weighted by Crippen LogP contribution is -2.08. The van der Waals surface area contributed by atoms with Gasteiger partial charge in [-0.1, -0.05) is 30.7 Å². The number of aryl methyl sites for hydroxylation is 1. The molecule has 0 aliphatic carbocycles. The van der Waals surface area contributed by atoms with Crippen LogP contribution in [-0.2, 0) is 22.7 Å². The zero-order valence-corrected chi connectivity index (χ0v) is 15.0. The predicted octanol–water partition coefficient (Wildman–Crippen LogP) is 3.65. The first kappa shape index (κ1) is 17.7. The standard InChI is InChI=1S/C18H20ClN3O3/c1-3-15-10-16-17(20-12-21-18(16)24-7-8-25-23-2)22(15)11-13-5-4-6-14(19)9-13/h4-6,9-10,12H,3,7-8,11H2,1-2H3. The van der Waals surface area contributed by atoms with E-state index in [9.17, 15) is 0 Å². The third-order valence-corrected chi connectivity index (χ3v) is 4.09. The lowest BCUT2D eigenvalue weighted by atomic mass is 10.2. The van der Waals surface area contributed by atoms with Gasteiger partial charge in [0.25, 0.3) is 0 Å². The summed E-state index contributed by atoms with van der Waals surface area (Å²) in [4.78, 5) is 18.1. The van der Waals surface area contributed by atoms with Crippen molar-refractivity contribution in [2.45, 2.75) is 19.9 Å². The van der Waals surface area contributed by atoms with Gasteiger partial charge in [0.05, 0.1) is 12.5 Å². The Morgan fingerprint density at radius 1 is 1.16 bits per heavy atom. The van der Waals surface area contributed by atoms with Gasteiger partial charge in [0.1, 0.15) is 25.2 Å². The quantitative estimate of drug-likeness (QED) is 0.348. The number of aromatic nitrogens is 3. The summed E-state index contributed by atoms with van der Waals surface area (Å²) in [5.74, 6) is 0.546. The molecule has 0 aliphatic rings. The molecule has 0 fully saturated rings.